The van der Waals surface area contributed by atoms with Crippen molar-refractivity contribution in [3.8, 4) is 5.75 Å². The minimum Gasteiger partial charge on any atom is -0.497 e. The van der Waals surface area contributed by atoms with Gasteiger partial charge in [0.15, 0.2) is 0 Å². The molecule has 3 aromatic rings. The first-order chi connectivity index (χ1) is 18.9. The number of aromatic nitrogens is 1. The number of carbonyl (C=O) groups is 3. The number of carbonyl (C=O) groups excluding carboxylic acids is 3. The van der Waals surface area contributed by atoms with Gasteiger partial charge in [-0.25, -0.2) is 4.39 Å². The third-order valence-corrected chi connectivity index (χ3v) is 7.23. The molecule has 0 radical (unpaired) electrons. The van der Waals surface area contributed by atoms with Crippen LogP contribution in [0.1, 0.15) is 39.1 Å². The summed E-state index contributed by atoms with van der Waals surface area (Å²) < 4.78 is 24.8. The van der Waals surface area contributed by atoms with Gasteiger partial charge in [0.25, 0.3) is 11.8 Å². The van der Waals surface area contributed by atoms with Crippen molar-refractivity contribution >= 4 is 17.7 Å². The van der Waals surface area contributed by atoms with Gasteiger partial charge in [0.05, 0.1) is 13.7 Å². The van der Waals surface area contributed by atoms with E-state index >= 15 is 0 Å². The second kappa shape index (κ2) is 11.2. The summed E-state index contributed by atoms with van der Waals surface area (Å²) in [5, 5.41) is 2.90. The van der Waals surface area contributed by atoms with E-state index in [9.17, 15) is 18.8 Å². The SMILES string of the molecule is COc1ccc(C(=O)N2C(C(=O)NCc3cccnc3)COC23CCN(C(=O)c2ccc(F)cc2)CC3)cc1. The molecule has 5 rings (SSSR count). The second-order valence-corrected chi connectivity index (χ2v) is 9.55. The third kappa shape index (κ3) is 5.46. The summed E-state index contributed by atoms with van der Waals surface area (Å²) in [4.78, 5) is 47.5. The maximum Gasteiger partial charge on any atom is 0.256 e. The highest BCUT2D eigenvalue weighted by atomic mass is 19.1. The molecule has 0 aliphatic carbocycles. The molecule has 2 aromatic carbocycles. The highest BCUT2D eigenvalue weighted by Crippen LogP contribution is 2.39. The summed E-state index contributed by atoms with van der Waals surface area (Å²) in [7, 11) is 1.55. The number of pyridine rings is 1. The number of likely N-dealkylation sites (tertiary alicyclic amines) is 1. The zero-order valence-corrected chi connectivity index (χ0v) is 21.5. The number of nitrogens with one attached hydrogen (secondary N) is 1. The third-order valence-electron chi connectivity index (χ3n) is 7.23. The molecule has 2 saturated heterocycles. The Labute approximate surface area is 225 Å². The highest BCUT2D eigenvalue weighted by Gasteiger charge is 2.54. The molecule has 202 valence electrons. The van der Waals surface area contributed by atoms with Gasteiger partial charge in [0, 0.05) is 56.0 Å². The Bertz CT molecular complexity index is 1330. The number of nitrogens with zero attached hydrogens (tertiary/aromatic N) is 3. The fourth-order valence-electron chi connectivity index (χ4n) is 5.08. The molecular weight excluding hydrogens is 503 g/mol. The number of methoxy groups -OCH3 is 1. The van der Waals surface area contributed by atoms with Gasteiger partial charge in [-0.1, -0.05) is 6.07 Å². The Kier molecular flexibility index (Phi) is 7.56. The predicted octanol–water partition coefficient (Wildman–Crippen LogP) is 3.02. The normalized spacial score (nSPS) is 18.2. The lowest BCUT2D eigenvalue weighted by molar-refractivity contribution is -0.128. The Morgan fingerprint density at radius 1 is 1.03 bits per heavy atom. The van der Waals surface area contributed by atoms with E-state index in [1.54, 1.807) is 54.7 Å². The van der Waals surface area contributed by atoms with Crippen LogP contribution >= 0.6 is 0 Å². The van der Waals surface area contributed by atoms with Crippen LogP contribution in [0.4, 0.5) is 4.39 Å². The fourth-order valence-corrected chi connectivity index (χ4v) is 5.08. The van der Waals surface area contributed by atoms with Gasteiger partial charge >= 0.3 is 0 Å². The van der Waals surface area contributed by atoms with E-state index in [1.165, 1.54) is 29.2 Å². The van der Waals surface area contributed by atoms with Crippen molar-refractivity contribution in [3.63, 3.8) is 0 Å². The first-order valence-electron chi connectivity index (χ1n) is 12.7. The van der Waals surface area contributed by atoms with Crippen molar-refractivity contribution < 1.29 is 28.2 Å². The molecule has 2 aliphatic heterocycles. The van der Waals surface area contributed by atoms with Gasteiger partial charge in [-0.3, -0.25) is 24.3 Å². The Morgan fingerprint density at radius 2 is 1.69 bits per heavy atom. The van der Waals surface area contributed by atoms with Gasteiger partial charge in [-0.2, -0.15) is 0 Å². The average molecular weight is 533 g/mol. The Hall–Kier alpha value is -4.31. The molecule has 0 saturated carbocycles. The van der Waals surface area contributed by atoms with E-state index < -0.39 is 17.6 Å². The van der Waals surface area contributed by atoms with Crippen LogP contribution < -0.4 is 10.1 Å². The van der Waals surface area contributed by atoms with Crippen molar-refractivity contribution in [2.45, 2.75) is 31.2 Å². The minimum atomic E-state index is -1.05. The summed E-state index contributed by atoms with van der Waals surface area (Å²) in [6.45, 7) is 0.923. The second-order valence-electron chi connectivity index (χ2n) is 9.55. The predicted molar refractivity (Wildman–Crippen MR) is 139 cm³/mol. The van der Waals surface area contributed by atoms with Gasteiger partial charge in [0.1, 0.15) is 23.3 Å². The molecule has 9 nitrogen and oxygen atoms in total. The van der Waals surface area contributed by atoms with Crippen LogP contribution in [0.3, 0.4) is 0 Å². The molecule has 10 heteroatoms. The van der Waals surface area contributed by atoms with E-state index in [4.69, 9.17) is 9.47 Å². The van der Waals surface area contributed by atoms with Crippen molar-refractivity contribution in [3.05, 3.63) is 95.6 Å². The molecule has 1 aromatic heterocycles. The maximum atomic E-state index is 13.9. The lowest BCUT2D eigenvalue weighted by Gasteiger charge is -2.44. The number of hydrogen-bond donors (Lipinski definition) is 1. The Morgan fingerprint density at radius 3 is 2.33 bits per heavy atom. The standard InChI is InChI=1S/C29H29FN4O5/c1-38-24-10-6-22(7-11-24)28(37)34-25(26(35)32-18-20-3-2-14-31-17-20)19-39-29(34)12-15-33(16-13-29)27(36)21-4-8-23(30)9-5-21/h2-11,14,17,25H,12-13,15-16,18-19H2,1H3,(H,32,35). The molecule has 3 amide bonds. The van der Waals surface area contributed by atoms with Gasteiger partial charge < -0.3 is 19.7 Å². The summed E-state index contributed by atoms with van der Waals surface area (Å²) in [5.41, 5.74) is 0.571. The van der Waals surface area contributed by atoms with Crippen molar-refractivity contribution in [1.82, 2.24) is 20.1 Å². The minimum absolute atomic E-state index is 0.0344. The molecule has 1 spiro atoms. The maximum absolute atomic E-state index is 13.9. The van der Waals surface area contributed by atoms with E-state index in [-0.39, 0.29) is 30.9 Å². The molecule has 1 N–H and O–H groups in total. The number of ether oxygens (including phenoxy) is 2. The monoisotopic (exact) mass is 532 g/mol. The highest BCUT2D eigenvalue weighted by molar-refractivity contribution is 5.99. The van der Waals surface area contributed by atoms with Crippen molar-refractivity contribution in [2.75, 3.05) is 26.8 Å². The molecule has 39 heavy (non-hydrogen) atoms. The smallest absolute Gasteiger partial charge is 0.256 e. The number of halogens is 1. The first kappa shape index (κ1) is 26.3. The van der Waals surface area contributed by atoms with E-state index in [0.717, 1.165) is 5.56 Å². The van der Waals surface area contributed by atoms with Crippen LogP contribution in [-0.2, 0) is 16.1 Å². The number of piperidine rings is 1. The van der Waals surface area contributed by atoms with E-state index in [2.05, 4.69) is 10.3 Å². The van der Waals surface area contributed by atoms with Crippen LogP contribution in [0.5, 0.6) is 5.75 Å². The topological polar surface area (TPSA) is 101 Å². The van der Waals surface area contributed by atoms with Gasteiger partial charge in [-0.15, -0.1) is 0 Å². The number of hydrogen-bond acceptors (Lipinski definition) is 6. The van der Waals surface area contributed by atoms with Crippen LogP contribution in [0.15, 0.2) is 73.1 Å². The van der Waals surface area contributed by atoms with E-state index in [1.807, 2.05) is 6.07 Å². The zero-order valence-electron chi connectivity index (χ0n) is 21.5. The first-order valence-corrected chi connectivity index (χ1v) is 12.7. The van der Waals surface area contributed by atoms with Crippen LogP contribution in [-0.4, -0.2) is 71.1 Å². The number of benzene rings is 2. The summed E-state index contributed by atoms with van der Waals surface area (Å²) in [6.07, 6.45) is 3.98. The number of rotatable bonds is 6. The molecule has 2 fully saturated rings. The molecule has 3 heterocycles. The van der Waals surface area contributed by atoms with Crippen molar-refractivity contribution in [1.29, 1.82) is 0 Å². The zero-order chi connectivity index (χ0) is 27.4. The molecule has 2 aliphatic rings. The van der Waals surface area contributed by atoms with E-state index in [0.29, 0.717) is 42.8 Å². The molecule has 1 unspecified atom stereocenters. The van der Waals surface area contributed by atoms with Crippen LogP contribution in [0.2, 0.25) is 0 Å². The lowest BCUT2D eigenvalue weighted by atomic mass is 9.96. The number of amides is 3. The quantitative estimate of drug-likeness (QED) is 0.524. The molecule has 1 atom stereocenters. The summed E-state index contributed by atoms with van der Waals surface area (Å²) >= 11 is 0. The largest absolute Gasteiger partial charge is 0.497 e. The Balaban J connectivity index is 1.36. The average Bonchev–Trinajstić information content (AvgIpc) is 3.35. The molecule has 0 bridgehead atoms. The van der Waals surface area contributed by atoms with Crippen LogP contribution in [0, 0.1) is 5.82 Å². The lowest BCUT2D eigenvalue weighted by Crippen LogP contribution is -2.59. The summed E-state index contributed by atoms with van der Waals surface area (Å²) in [6, 6.07) is 14.9. The summed E-state index contributed by atoms with van der Waals surface area (Å²) in [5.74, 6) is -0.694. The van der Waals surface area contributed by atoms with Gasteiger partial charge in [-0.05, 0) is 60.2 Å². The van der Waals surface area contributed by atoms with Gasteiger partial charge in [0.2, 0.25) is 5.91 Å². The van der Waals surface area contributed by atoms with Crippen LogP contribution in [0.25, 0.3) is 0 Å². The van der Waals surface area contributed by atoms with Crippen molar-refractivity contribution in [2.24, 2.45) is 0 Å². The fraction of sp³-hybridized carbons (Fsp3) is 0.310. The molecular formula is C29H29FN4O5.